The minimum absolute atomic E-state index is 0.134. The summed E-state index contributed by atoms with van der Waals surface area (Å²) in [5, 5.41) is 2.52. The van der Waals surface area contributed by atoms with Crippen molar-refractivity contribution >= 4 is 18.0 Å². The first kappa shape index (κ1) is 10.2. The van der Waals surface area contributed by atoms with E-state index in [1.165, 1.54) is 4.90 Å². The Morgan fingerprint density at radius 2 is 1.93 bits per heavy atom. The third-order valence-corrected chi connectivity index (χ3v) is 1.92. The van der Waals surface area contributed by atoms with E-state index in [1.54, 1.807) is 38.4 Å². The molecule has 0 saturated carbocycles. The molecule has 74 valence electrons. The lowest BCUT2D eigenvalue weighted by atomic mass is 10.2. The van der Waals surface area contributed by atoms with Gasteiger partial charge in [0.25, 0.3) is 5.91 Å². The van der Waals surface area contributed by atoms with Crippen molar-refractivity contribution in [3.05, 3.63) is 29.8 Å². The van der Waals surface area contributed by atoms with E-state index >= 15 is 0 Å². The van der Waals surface area contributed by atoms with Gasteiger partial charge in [-0.15, -0.1) is 0 Å². The highest BCUT2D eigenvalue weighted by Gasteiger charge is 2.03. The molecule has 1 aromatic rings. The van der Waals surface area contributed by atoms with Gasteiger partial charge in [0.2, 0.25) is 6.41 Å². The summed E-state index contributed by atoms with van der Waals surface area (Å²) in [6.45, 7) is 0. The second-order valence-electron chi connectivity index (χ2n) is 2.84. The highest BCUT2D eigenvalue weighted by Crippen LogP contribution is 2.12. The van der Waals surface area contributed by atoms with Crippen LogP contribution in [0, 0.1) is 0 Å². The van der Waals surface area contributed by atoms with Crippen LogP contribution < -0.4 is 10.2 Å². The molecule has 4 heteroatoms. The molecule has 0 fully saturated rings. The standard InChI is InChI=1S/C10H12N2O2/c1-11-10(14)8-3-5-9(6-4-8)12(2)7-13/h3-7H,1-2H3,(H,11,14). The van der Waals surface area contributed by atoms with Gasteiger partial charge in [0, 0.05) is 25.3 Å². The molecule has 0 aliphatic heterocycles. The minimum atomic E-state index is -0.134. The van der Waals surface area contributed by atoms with Crippen molar-refractivity contribution in [2.45, 2.75) is 0 Å². The minimum Gasteiger partial charge on any atom is -0.355 e. The van der Waals surface area contributed by atoms with Crippen molar-refractivity contribution in [1.29, 1.82) is 0 Å². The van der Waals surface area contributed by atoms with Gasteiger partial charge >= 0.3 is 0 Å². The Bertz CT molecular complexity index is 332. The van der Waals surface area contributed by atoms with Crippen molar-refractivity contribution in [2.24, 2.45) is 0 Å². The van der Waals surface area contributed by atoms with E-state index in [2.05, 4.69) is 5.32 Å². The molecule has 0 aliphatic carbocycles. The molecule has 1 aromatic carbocycles. The molecule has 0 bridgehead atoms. The highest BCUT2D eigenvalue weighted by molar-refractivity contribution is 5.94. The first-order valence-corrected chi connectivity index (χ1v) is 4.19. The van der Waals surface area contributed by atoms with Crippen molar-refractivity contribution in [3.63, 3.8) is 0 Å². The van der Waals surface area contributed by atoms with Crippen molar-refractivity contribution in [1.82, 2.24) is 5.32 Å². The summed E-state index contributed by atoms with van der Waals surface area (Å²) in [4.78, 5) is 23.0. The molecule has 4 nitrogen and oxygen atoms in total. The molecule has 14 heavy (non-hydrogen) atoms. The molecule has 0 unspecified atom stereocenters. The quantitative estimate of drug-likeness (QED) is 0.714. The number of benzene rings is 1. The topological polar surface area (TPSA) is 49.4 Å². The van der Waals surface area contributed by atoms with E-state index < -0.39 is 0 Å². The van der Waals surface area contributed by atoms with Crippen LogP contribution in [0.15, 0.2) is 24.3 Å². The van der Waals surface area contributed by atoms with Crippen LogP contribution in [0.2, 0.25) is 0 Å². The summed E-state index contributed by atoms with van der Waals surface area (Å²) < 4.78 is 0. The summed E-state index contributed by atoms with van der Waals surface area (Å²) in [6, 6.07) is 6.79. The number of rotatable bonds is 3. The van der Waals surface area contributed by atoms with Gasteiger partial charge in [-0.2, -0.15) is 0 Å². The van der Waals surface area contributed by atoms with E-state index in [4.69, 9.17) is 0 Å². The molecule has 0 heterocycles. The second kappa shape index (κ2) is 4.41. The SMILES string of the molecule is CNC(=O)c1ccc(N(C)C=O)cc1. The Morgan fingerprint density at radius 3 is 2.36 bits per heavy atom. The zero-order chi connectivity index (χ0) is 10.6. The molecule has 0 atom stereocenters. The van der Waals surface area contributed by atoms with Crippen LogP contribution in [-0.4, -0.2) is 26.4 Å². The fourth-order valence-electron chi connectivity index (χ4n) is 1.05. The van der Waals surface area contributed by atoms with E-state index in [0.717, 1.165) is 12.1 Å². The molecule has 2 amide bonds. The van der Waals surface area contributed by atoms with Gasteiger partial charge in [0.1, 0.15) is 0 Å². The van der Waals surface area contributed by atoms with Crippen LogP contribution >= 0.6 is 0 Å². The Morgan fingerprint density at radius 1 is 1.36 bits per heavy atom. The molecule has 0 saturated heterocycles. The lowest BCUT2D eigenvalue weighted by molar-refractivity contribution is -0.107. The van der Waals surface area contributed by atoms with Crippen molar-refractivity contribution < 1.29 is 9.59 Å². The zero-order valence-corrected chi connectivity index (χ0v) is 8.15. The first-order chi connectivity index (χ1) is 6.69. The van der Waals surface area contributed by atoms with Gasteiger partial charge < -0.3 is 10.2 Å². The summed E-state index contributed by atoms with van der Waals surface area (Å²) in [7, 11) is 3.23. The van der Waals surface area contributed by atoms with Crippen LogP contribution in [0.5, 0.6) is 0 Å². The van der Waals surface area contributed by atoms with Gasteiger partial charge in [-0.3, -0.25) is 9.59 Å². The third kappa shape index (κ3) is 2.10. The van der Waals surface area contributed by atoms with E-state index in [1.807, 2.05) is 0 Å². The number of hydrogen-bond acceptors (Lipinski definition) is 2. The van der Waals surface area contributed by atoms with Gasteiger partial charge in [-0.05, 0) is 24.3 Å². The van der Waals surface area contributed by atoms with E-state index in [0.29, 0.717) is 5.56 Å². The van der Waals surface area contributed by atoms with E-state index in [-0.39, 0.29) is 5.91 Å². The van der Waals surface area contributed by atoms with E-state index in [9.17, 15) is 9.59 Å². The van der Waals surface area contributed by atoms with Crippen LogP contribution in [0.3, 0.4) is 0 Å². The molecule has 0 radical (unpaired) electrons. The summed E-state index contributed by atoms with van der Waals surface area (Å²) in [5.41, 5.74) is 1.34. The molecule has 0 aromatic heterocycles. The molecular formula is C10H12N2O2. The number of nitrogens with zero attached hydrogens (tertiary/aromatic N) is 1. The Kier molecular flexibility index (Phi) is 3.23. The van der Waals surface area contributed by atoms with Gasteiger partial charge in [0.15, 0.2) is 0 Å². The van der Waals surface area contributed by atoms with Crippen LogP contribution in [0.1, 0.15) is 10.4 Å². The first-order valence-electron chi connectivity index (χ1n) is 4.19. The largest absolute Gasteiger partial charge is 0.355 e. The summed E-state index contributed by atoms with van der Waals surface area (Å²) in [5.74, 6) is -0.134. The van der Waals surface area contributed by atoms with Crippen LogP contribution in [0.4, 0.5) is 5.69 Å². The molecular weight excluding hydrogens is 180 g/mol. The maximum atomic E-state index is 11.2. The summed E-state index contributed by atoms with van der Waals surface area (Å²) in [6.07, 6.45) is 0.717. The van der Waals surface area contributed by atoms with Gasteiger partial charge in [-0.1, -0.05) is 0 Å². The van der Waals surface area contributed by atoms with Gasteiger partial charge in [0.05, 0.1) is 0 Å². The molecule has 1 rings (SSSR count). The predicted molar refractivity (Wildman–Crippen MR) is 54.3 cm³/mol. The number of amides is 2. The highest BCUT2D eigenvalue weighted by atomic mass is 16.1. The zero-order valence-electron chi connectivity index (χ0n) is 8.15. The number of carbonyl (C=O) groups is 2. The Balaban J connectivity index is 2.88. The normalized spacial score (nSPS) is 9.29. The maximum absolute atomic E-state index is 11.2. The Labute approximate surface area is 82.5 Å². The maximum Gasteiger partial charge on any atom is 0.251 e. The predicted octanol–water partition coefficient (Wildman–Crippen LogP) is 0.639. The van der Waals surface area contributed by atoms with Gasteiger partial charge in [-0.25, -0.2) is 0 Å². The van der Waals surface area contributed by atoms with Crippen molar-refractivity contribution in [3.8, 4) is 0 Å². The number of carbonyl (C=O) groups excluding carboxylic acids is 2. The lowest BCUT2D eigenvalue weighted by Gasteiger charge is -2.10. The molecule has 0 spiro atoms. The number of hydrogen-bond donors (Lipinski definition) is 1. The average Bonchev–Trinajstić information content (AvgIpc) is 2.27. The average molecular weight is 192 g/mol. The summed E-state index contributed by atoms with van der Waals surface area (Å²) >= 11 is 0. The fraction of sp³-hybridized carbons (Fsp3) is 0.200. The number of anilines is 1. The van der Waals surface area contributed by atoms with Crippen LogP contribution in [0.25, 0.3) is 0 Å². The second-order valence-corrected chi connectivity index (χ2v) is 2.84. The Hall–Kier alpha value is -1.84. The van der Waals surface area contributed by atoms with Crippen LogP contribution in [-0.2, 0) is 4.79 Å². The monoisotopic (exact) mass is 192 g/mol. The number of nitrogens with one attached hydrogen (secondary N) is 1. The molecule has 0 aliphatic rings. The van der Waals surface area contributed by atoms with Crippen molar-refractivity contribution in [2.75, 3.05) is 19.0 Å². The fourth-order valence-corrected chi connectivity index (χ4v) is 1.05. The molecule has 1 N–H and O–H groups in total. The smallest absolute Gasteiger partial charge is 0.251 e. The lowest BCUT2D eigenvalue weighted by Crippen LogP contribution is -2.18. The third-order valence-electron chi connectivity index (χ3n) is 1.92.